The van der Waals surface area contributed by atoms with E-state index in [9.17, 15) is 8.42 Å². The summed E-state index contributed by atoms with van der Waals surface area (Å²) in [5.74, 6) is 1.99. The van der Waals surface area contributed by atoms with Crippen molar-refractivity contribution in [2.75, 3.05) is 11.5 Å². The van der Waals surface area contributed by atoms with Gasteiger partial charge in [0.1, 0.15) is 15.7 Å². The Hall–Kier alpha value is -0.590. The number of rotatable bonds is 1. The SMILES string of the molecule is Cl.NC1CCn2c(cnc2C2CCS(=O)(=O)CC2)C1. The molecule has 7 heteroatoms. The summed E-state index contributed by atoms with van der Waals surface area (Å²) >= 11 is 0. The molecule has 2 N–H and O–H groups in total. The third-order valence-corrected chi connectivity index (χ3v) is 5.80. The second-order valence-corrected chi connectivity index (χ2v) is 7.74. The van der Waals surface area contributed by atoms with Crippen LogP contribution in [0.3, 0.4) is 0 Å². The molecule has 3 rings (SSSR count). The van der Waals surface area contributed by atoms with Crippen LogP contribution in [-0.2, 0) is 22.8 Å². The van der Waals surface area contributed by atoms with Crippen LogP contribution in [0.2, 0.25) is 0 Å². The van der Waals surface area contributed by atoms with Gasteiger partial charge in [0, 0.05) is 36.8 Å². The van der Waals surface area contributed by atoms with Crippen LogP contribution in [0.25, 0.3) is 0 Å². The van der Waals surface area contributed by atoms with E-state index in [0.717, 1.165) is 25.2 Å². The molecule has 2 aliphatic rings. The molecule has 3 heterocycles. The number of hydrogen-bond acceptors (Lipinski definition) is 4. The van der Waals surface area contributed by atoms with Crippen molar-refractivity contribution in [1.82, 2.24) is 9.55 Å². The first-order valence-corrected chi connectivity index (χ1v) is 8.37. The number of nitrogens with zero attached hydrogens (tertiary/aromatic N) is 2. The number of halogens is 1. The maximum absolute atomic E-state index is 11.5. The van der Waals surface area contributed by atoms with E-state index >= 15 is 0 Å². The molecule has 0 aromatic carbocycles. The quantitative estimate of drug-likeness (QED) is 0.835. The fourth-order valence-electron chi connectivity index (χ4n) is 2.99. The fraction of sp³-hybridized carbons (Fsp3) is 0.750. The van der Waals surface area contributed by atoms with Crippen LogP contribution in [0.1, 0.15) is 36.7 Å². The Bertz CT molecular complexity index is 541. The Morgan fingerprint density at radius 1 is 1.26 bits per heavy atom. The lowest BCUT2D eigenvalue weighted by Crippen LogP contribution is -2.32. The number of aromatic nitrogens is 2. The van der Waals surface area contributed by atoms with Gasteiger partial charge in [-0.15, -0.1) is 12.4 Å². The van der Waals surface area contributed by atoms with Gasteiger partial charge in [-0.1, -0.05) is 0 Å². The summed E-state index contributed by atoms with van der Waals surface area (Å²) in [7, 11) is -2.79. The van der Waals surface area contributed by atoms with Crippen LogP contribution in [0.5, 0.6) is 0 Å². The molecular formula is C12H20ClN3O2S. The second kappa shape index (κ2) is 5.42. The number of sulfone groups is 1. The average Bonchev–Trinajstić information content (AvgIpc) is 2.72. The Morgan fingerprint density at radius 2 is 1.95 bits per heavy atom. The topological polar surface area (TPSA) is 78.0 Å². The normalized spacial score (nSPS) is 26.5. The van der Waals surface area contributed by atoms with Gasteiger partial charge in [0.15, 0.2) is 0 Å². The van der Waals surface area contributed by atoms with Crippen molar-refractivity contribution >= 4 is 22.2 Å². The Balaban J connectivity index is 0.00000133. The molecule has 1 unspecified atom stereocenters. The molecule has 1 aromatic heterocycles. The van der Waals surface area contributed by atoms with Crippen molar-refractivity contribution in [3.05, 3.63) is 17.7 Å². The molecule has 0 aliphatic carbocycles. The molecule has 1 atom stereocenters. The van der Waals surface area contributed by atoms with Gasteiger partial charge in [-0.05, 0) is 19.3 Å². The minimum absolute atomic E-state index is 0. The smallest absolute Gasteiger partial charge is 0.150 e. The van der Waals surface area contributed by atoms with E-state index in [1.54, 1.807) is 0 Å². The molecule has 0 bridgehead atoms. The van der Waals surface area contributed by atoms with E-state index in [-0.39, 0.29) is 18.4 Å². The van der Waals surface area contributed by atoms with Crippen LogP contribution < -0.4 is 5.73 Å². The third kappa shape index (κ3) is 2.95. The first kappa shape index (κ1) is 14.8. The number of imidazole rings is 1. The van der Waals surface area contributed by atoms with E-state index in [0.29, 0.717) is 30.3 Å². The summed E-state index contributed by atoms with van der Waals surface area (Å²) in [4.78, 5) is 4.52. The van der Waals surface area contributed by atoms with Crippen molar-refractivity contribution in [3.8, 4) is 0 Å². The van der Waals surface area contributed by atoms with Gasteiger partial charge in [0.25, 0.3) is 0 Å². The van der Waals surface area contributed by atoms with Crippen LogP contribution in [0, 0.1) is 0 Å². The van der Waals surface area contributed by atoms with Crippen LogP contribution in [0.15, 0.2) is 6.20 Å². The third-order valence-electron chi connectivity index (χ3n) is 4.08. The van der Waals surface area contributed by atoms with Gasteiger partial charge in [-0.2, -0.15) is 0 Å². The first-order chi connectivity index (χ1) is 8.55. The van der Waals surface area contributed by atoms with E-state index in [4.69, 9.17) is 5.73 Å². The van der Waals surface area contributed by atoms with Crippen molar-refractivity contribution in [2.45, 2.75) is 44.2 Å². The minimum atomic E-state index is -2.79. The molecule has 0 radical (unpaired) electrons. The van der Waals surface area contributed by atoms with Crippen molar-refractivity contribution < 1.29 is 8.42 Å². The van der Waals surface area contributed by atoms with Crippen LogP contribution >= 0.6 is 12.4 Å². The lowest BCUT2D eigenvalue weighted by atomic mass is 10.0. The summed E-state index contributed by atoms with van der Waals surface area (Å²) in [6, 6.07) is 0.244. The molecule has 0 amide bonds. The molecule has 108 valence electrons. The number of nitrogens with two attached hydrogens (primary N) is 1. The Morgan fingerprint density at radius 3 is 2.63 bits per heavy atom. The molecule has 19 heavy (non-hydrogen) atoms. The summed E-state index contributed by atoms with van der Waals surface area (Å²) < 4.78 is 25.2. The van der Waals surface area contributed by atoms with Gasteiger partial charge in [0.2, 0.25) is 0 Å². The van der Waals surface area contributed by atoms with Gasteiger partial charge < -0.3 is 10.3 Å². The number of hydrogen-bond donors (Lipinski definition) is 1. The van der Waals surface area contributed by atoms with E-state index < -0.39 is 9.84 Å². The zero-order valence-corrected chi connectivity index (χ0v) is 12.4. The largest absolute Gasteiger partial charge is 0.332 e. The Labute approximate surface area is 119 Å². The van der Waals surface area contributed by atoms with Gasteiger partial charge in [0.05, 0.1) is 11.5 Å². The predicted molar refractivity (Wildman–Crippen MR) is 76.4 cm³/mol. The highest BCUT2D eigenvalue weighted by Gasteiger charge is 2.29. The molecule has 1 aromatic rings. The second-order valence-electron chi connectivity index (χ2n) is 5.44. The van der Waals surface area contributed by atoms with Gasteiger partial charge >= 0.3 is 0 Å². The molecule has 2 aliphatic heterocycles. The molecule has 0 spiro atoms. The maximum Gasteiger partial charge on any atom is 0.150 e. The monoisotopic (exact) mass is 305 g/mol. The minimum Gasteiger partial charge on any atom is -0.332 e. The highest BCUT2D eigenvalue weighted by atomic mass is 35.5. The standard InChI is InChI=1S/C12H19N3O2S.ClH/c13-10-1-4-15-11(7-10)8-14-12(15)9-2-5-18(16,17)6-3-9;/h8-10H,1-7,13H2;1H. The fourth-order valence-corrected chi connectivity index (χ4v) is 4.48. The van der Waals surface area contributed by atoms with Crippen molar-refractivity contribution in [2.24, 2.45) is 5.73 Å². The highest BCUT2D eigenvalue weighted by molar-refractivity contribution is 7.91. The lowest BCUT2D eigenvalue weighted by molar-refractivity contribution is 0.439. The summed E-state index contributed by atoms with van der Waals surface area (Å²) in [5, 5.41) is 0. The maximum atomic E-state index is 11.5. The average molecular weight is 306 g/mol. The lowest BCUT2D eigenvalue weighted by Gasteiger charge is -2.26. The predicted octanol–water partition coefficient (Wildman–Crippen LogP) is 0.871. The summed E-state index contributed by atoms with van der Waals surface area (Å²) in [5.41, 5.74) is 7.16. The molecular weight excluding hydrogens is 286 g/mol. The first-order valence-electron chi connectivity index (χ1n) is 6.55. The molecule has 5 nitrogen and oxygen atoms in total. The zero-order valence-electron chi connectivity index (χ0n) is 10.8. The molecule has 0 saturated carbocycles. The highest BCUT2D eigenvalue weighted by Crippen LogP contribution is 2.30. The van der Waals surface area contributed by atoms with Crippen molar-refractivity contribution in [3.63, 3.8) is 0 Å². The van der Waals surface area contributed by atoms with Crippen LogP contribution in [-0.4, -0.2) is 35.5 Å². The van der Waals surface area contributed by atoms with Crippen molar-refractivity contribution in [1.29, 1.82) is 0 Å². The van der Waals surface area contributed by atoms with E-state index in [1.165, 1.54) is 5.69 Å². The number of fused-ring (bicyclic) bond motifs is 1. The zero-order chi connectivity index (χ0) is 12.8. The molecule has 1 saturated heterocycles. The van der Waals surface area contributed by atoms with E-state index in [1.807, 2.05) is 6.20 Å². The summed E-state index contributed by atoms with van der Waals surface area (Å²) in [6.45, 7) is 0.926. The van der Waals surface area contributed by atoms with E-state index in [2.05, 4.69) is 9.55 Å². The van der Waals surface area contributed by atoms with Gasteiger partial charge in [-0.25, -0.2) is 13.4 Å². The summed E-state index contributed by atoms with van der Waals surface area (Å²) in [6.07, 6.45) is 5.21. The molecule has 1 fully saturated rings. The Kier molecular flexibility index (Phi) is 4.23. The van der Waals surface area contributed by atoms with Gasteiger partial charge in [-0.3, -0.25) is 0 Å². The van der Waals surface area contributed by atoms with Crippen LogP contribution in [0.4, 0.5) is 0 Å².